The lowest BCUT2D eigenvalue weighted by atomic mass is 10.1. The average molecular weight is 448 g/mol. The van der Waals surface area contributed by atoms with Crippen LogP contribution in [0.4, 0.5) is 5.69 Å². The van der Waals surface area contributed by atoms with Gasteiger partial charge in [-0.1, -0.05) is 42.8 Å². The molecule has 0 aliphatic heterocycles. The number of ether oxygens (including phenoxy) is 1. The van der Waals surface area contributed by atoms with Crippen molar-refractivity contribution < 1.29 is 18.7 Å². The van der Waals surface area contributed by atoms with Crippen molar-refractivity contribution in [3.05, 3.63) is 94.7 Å². The fourth-order valence-corrected chi connectivity index (χ4v) is 3.47. The molecule has 6 heteroatoms. The minimum Gasteiger partial charge on any atom is -0.481 e. The molecule has 1 aromatic heterocycles. The Hall–Kier alpha value is -3.57. The highest BCUT2D eigenvalue weighted by molar-refractivity contribution is 6.30. The van der Waals surface area contributed by atoms with E-state index in [0.29, 0.717) is 33.0 Å². The van der Waals surface area contributed by atoms with Crippen molar-refractivity contribution in [1.82, 2.24) is 0 Å². The number of furan rings is 1. The van der Waals surface area contributed by atoms with Crippen molar-refractivity contribution in [2.24, 2.45) is 0 Å². The first kappa shape index (κ1) is 21.7. The number of aryl methyl sites for hydroxylation is 1. The van der Waals surface area contributed by atoms with Crippen LogP contribution in [0.25, 0.3) is 11.0 Å². The summed E-state index contributed by atoms with van der Waals surface area (Å²) in [6, 6.07) is 21.3. The van der Waals surface area contributed by atoms with Gasteiger partial charge in [-0.25, -0.2) is 0 Å². The van der Waals surface area contributed by atoms with Gasteiger partial charge in [0.1, 0.15) is 11.3 Å². The molecular weight excluding hydrogens is 426 g/mol. The number of halogens is 1. The van der Waals surface area contributed by atoms with Gasteiger partial charge >= 0.3 is 0 Å². The number of hydrogen-bond acceptors (Lipinski definition) is 4. The summed E-state index contributed by atoms with van der Waals surface area (Å²) in [6.07, 6.45) is 0.142. The molecular formula is C26H22ClNO4. The Bertz CT molecular complexity index is 1260. The van der Waals surface area contributed by atoms with Crippen LogP contribution in [-0.4, -0.2) is 17.8 Å². The molecule has 3 aromatic carbocycles. The monoisotopic (exact) mass is 447 g/mol. The van der Waals surface area contributed by atoms with Crippen LogP contribution in [0.15, 0.2) is 77.2 Å². The molecule has 0 aliphatic rings. The van der Waals surface area contributed by atoms with Gasteiger partial charge < -0.3 is 14.5 Å². The Balaban J connectivity index is 1.61. The fourth-order valence-electron chi connectivity index (χ4n) is 3.35. The number of para-hydroxylation sites is 1. The van der Waals surface area contributed by atoms with Gasteiger partial charge in [-0.05, 0) is 67.4 Å². The predicted molar refractivity (Wildman–Crippen MR) is 126 cm³/mol. The molecule has 162 valence electrons. The van der Waals surface area contributed by atoms with Crippen LogP contribution >= 0.6 is 11.6 Å². The molecule has 0 fully saturated rings. The number of ketones is 1. The molecule has 0 saturated heterocycles. The summed E-state index contributed by atoms with van der Waals surface area (Å²) in [5, 5.41) is 4.00. The van der Waals surface area contributed by atoms with Gasteiger partial charge in [0, 0.05) is 16.0 Å². The predicted octanol–water partition coefficient (Wildman–Crippen LogP) is 6.29. The summed E-state index contributed by atoms with van der Waals surface area (Å²) in [5.74, 6) is -0.0843. The topological polar surface area (TPSA) is 68.5 Å². The zero-order valence-electron chi connectivity index (χ0n) is 17.7. The van der Waals surface area contributed by atoms with Crippen LogP contribution in [0.3, 0.4) is 0 Å². The smallest absolute Gasteiger partial charge is 0.265 e. The van der Waals surface area contributed by atoms with E-state index < -0.39 is 6.10 Å². The summed E-state index contributed by atoms with van der Waals surface area (Å²) in [6.45, 7) is 3.73. The Morgan fingerprint density at radius 1 is 1.00 bits per heavy atom. The third-order valence-electron chi connectivity index (χ3n) is 5.17. The van der Waals surface area contributed by atoms with Gasteiger partial charge in [0.2, 0.25) is 5.78 Å². The lowest BCUT2D eigenvalue weighted by molar-refractivity contribution is -0.122. The van der Waals surface area contributed by atoms with E-state index in [9.17, 15) is 9.59 Å². The average Bonchev–Trinajstić information content (AvgIpc) is 3.18. The van der Waals surface area contributed by atoms with E-state index in [1.807, 2.05) is 30.3 Å². The molecule has 5 nitrogen and oxygen atoms in total. The standard InChI is InChI=1S/C26H22ClNO4/c1-3-17-8-14-20(15-9-17)31-16(2)26(30)28-23-21-6-4-5-7-22(21)32-25(23)24(29)18-10-12-19(27)13-11-18/h4-16H,3H2,1-2H3,(H,28,30)/t16-/m1/s1. The molecule has 1 heterocycles. The quantitative estimate of drug-likeness (QED) is 0.338. The molecule has 1 amide bonds. The molecule has 32 heavy (non-hydrogen) atoms. The van der Waals surface area contributed by atoms with Crippen LogP contribution in [0.1, 0.15) is 35.5 Å². The minimum absolute atomic E-state index is 0.0568. The lowest BCUT2D eigenvalue weighted by Gasteiger charge is -2.15. The minimum atomic E-state index is -0.783. The van der Waals surface area contributed by atoms with Gasteiger partial charge in [-0.15, -0.1) is 0 Å². The highest BCUT2D eigenvalue weighted by atomic mass is 35.5. The van der Waals surface area contributed by atoms with E-state index in [-0.39, 0.29) is 17.5 Å². The highest BCUT2D eigenvalue weighted by Crippen LogP contribution is 2.33. The fraction of sp³-hybridized carbons (Fsp3) is 0.154. The normalized spacial score (nSPS) is 11.8. The molecule has 0 unspecified atom stereocenters. The third-order valence-corrected chi connectivity index (χ3v) is 5.42. The molecule has 0 aliphatic carbocycles. The second-order valence-electron chi connectivity index (χ2n) is 7.39. The Kier molecular flexibility index (Phi) is 6.28. The van der Waals surface area contributed by atoms with Gasteiger partial charge in [-0.3, -0.25) is 9.59 Å². The van der Waals surface area contributed by atoms with E-state index in [2.05, 4.69) is 12.2 Å². The van der Waals surface area contributed by atoms with E-state index in [1.165, 1.54) is 5.56 Å². The number of rotatable bonds is 7. The largest absolute Gasteiger partial charge is 0.481 e. The van der Waals surface area contributed by atoms with E-state index in [4.69, 9.17) is 20.8 Å². The van der Waals surface area contributed by atoms with Crippen molar-refractivity contribution in [1.29, 1.82) is 0 Å². The van der Waals surface area contributed by atoms with Gasteiger partial charge in [0.15, 0.2) is 11.9 Å². The number of amides is 1. The van der Waals surface area contributed by atoms with Crippen LogP contribution in [-0.2, 0) is 11.2 Å². The number of nitrogens with one attached hydrogen (secondary N) is 1. The SMILES string of the molecule is CCc1ccc(O[C@H](C)C(=O)Nc2c(C(=O)c3ccc(Cl)cc3)oc3ccccc23)cc1. The molecule has 4 aromatic rings. The number of carbonyl (C=O) groups is 2. The number of anilines is 1. The molecule has 0 radical (unpaired) electrons. The van der Waals surface area contributed by atoms with E-state index in [1.54, 1.807) is 49.4 Å². The summed E-state index contributed by atoms with van der Waals surface area (Å²) in [5.41, 5.74) is 2.42. The van der Waals surface area contributed by atoms with Crippen LogP contribution in [0.2, 0.25) is 5.02 Å². The molecule has 0 spiro atoms. The van der Waals surface area contributed by atoms with Crippen molar-refractivity contribution in [3.8, 4) is 5.75 Å². The van der Waals surface area contributed by atoms with Crippen molar-refractivity contribution in [2.45, 2.75) is 26.4 Å². The summed E-state index contributed by atoms with van der Waals surface area (Å²) in [7, 11) is 0. The summed E-state index contributed by atoms with van der Waals surface area (Å²) < 4.78 is 11.6. The summed E-state index contributed by atoms with van der Waals surface area (Å²) in [4.78, 5) is 26.1. The van der Waals surface area contributed by atoms with Crippen LogP contribution < -0.4 is 10.1 Å². The third kappa shape index (κ3) is 4.53. The highest BCUT2D eigenvalue weighted by Gasteiger charge is 2.25. The van der Waals surface area contributed by atoms with Crippen molar-refractivity contribution in [2.75, 3.05) is 5.32 Å². The molecule has 1 N–H and O–H groups in total. The first-order valence-electron chi connectivity index (χ1n) is 10.3. The number of benzene rings is 3. The number of hydrogen-bond donors (Lipinski definition) is 1. The number of carbonyl (C=O) groups excluding carboxylic acids is 2. The summed E-state index contributed by atoms with van der Waals surface area (Å²) >= 11 is 5.94. The maximum Gasteiger partial charge on any atom is 0.265 e. The maximum absolute atomic E-state index is 13.1. The second-order valence-corrected chi connectivity index (χ2v) is 7.82. The zero-order valence-corrected chi connectivity index (χ0v) is 18.5. The van der Waals surface area contributed by atoms with Gasteiger partial charge in [0.05, 0.1) is 5.69 Å². The Labute approximate surface area is 191 Å². The molecule has 1 atom stereocenters. The number of fused-ring (bicyclic) bond motifs is 1. The maximum atomic E-state index is 13.1. The van der Waals surface area contributed by atoms with E-state index in [0.717, 1.165) is 6.42 Å². The van der Waals surface area contributed by atoms with Crippen LogP contribution in [0, 0.1) is 0 Å². The Morgan fingerprint density at radius 3 is 2.38 bits per heavy atom. The molecule has 4 rings (SSSR count). The first-order chi connectivity index (χ1) is 15.5. The van der Waals surface area contributed by atoms with Crippen molar-refractivity contribution >= 4 is 39.9 Å². The molecule has 0 bridgehead atoms. The zero-order chi connectivity index (χ0) is 22.7. The van der Waals surface area contributed by atoms with Gasteiger partial charge in [-0.2, -0.15) is 0 Å². The lowest BCUT2D eigenvalue weighted by Crippen LogP contribution is -2.30. The van der Waals surface area contributed by atoms with Gasteiger partial charge in [0.25, 0.3) is 5.91 Å². The first-order valence-corrected chi connectivity index (χ1v) is 10.7. The Morgan fingerprint density at radius 2 is 1.69 bits per heavy atom. The van der Waals surface area contributed by atoms with E-state index >= 15 is 0 Å². The molecule has 0 saturated carbocycles. The second kappa shape index (κ2) is 9.28. The van der Waals surface area contributed by atoms with Crippen LogP contribution in [0.5, 0.6) is 5.75 Å². The van der Waals surface area contributed by atoms with Crippen molar-refractivity contribution in [3.63, 3.8) is 0 Å².